The van der Waals surface area contributed by atoms with Crippen LogP contribution in [0.15, 0.2) is 0 Å². The molecule has 0 aliphatic rings. The number of rotatable bonds is 24. The van der Waals surface area contributed by atoms with Gasteiger partial charge in [0, 0.05) is 6.42 Å². The van der Waals surface area contributed by atoms with E-state index in [9.17, 15) is 4.79 Å². The van der Waals surface area contributed by atoms with Gasteiger partial charge in [-0.15, -0.1) is 0 Å². The summed E-state index contributed by atoms with van der Waals surface area (Å²) in [5.41, 5.74) is 0. The predicted octanol–water partition coefficient (Wildman–Crippen LogP) is 8.36. The lowest BCUT2D eigenvalue weighted by Gasteiger charge is -2.35. The van der Waals surface area contributed by atoms with Crippen molar-refractivity contribution < 1.29 is 14.4 Å². The zero-order chi connectivity index (χ0) is 22.3. The van der Waals surface area contributed by atoms with Crippen molar-refractivity contribution >= 4 is 5.97 Å². The van der Waals surface area contributed by atoms with E-state index in [2.05, 4.69) is 20.8 Å². The highest BCUT2D eigenvalue weighted by Gasteiger charge is 2.19. The van der Waals surface area contributed by atoms with Crippen molar-refractivity contribution in [3.63, 3.8) is 0 Å². The van der Waals surface area contributed by atoms with E-state index in [0.29, 0.717) is 6.42 Å². The van der Waals surface area contributed by atoms with Gasteiger partial charge in [-0.2, -0.15) is 0 Å². The average Bonchev–Trinajstić information content (AvgIpc) is 2.75. The number of aliphatic carboxylic acids is 1. The van der Waals surface area contributed by atoms with Gasteiger partial charge in [-0.1, -0.05) is 96.3 Å². The van der Waals surface area contributed by atoms with Crippen LogP contribution in [0.1, 0.15) is 143 Å². The van der Waals surface area contributed by atoms with Crippen LogP contribution in [0.4, 0.5) is 0 Å². The molecule has 1 N–H and O–H groups in total. The van der Waals surface area contributed by atoms with Crippen LogP contribution in [0.25, 0.3) is 0 Å². The number of carboxylic acids is 1. The molecule has 30 heavy (non-hydrogen) atoms. The molecule has 180 valence electrons. The van der Waals surface area contributed by atoms with E-state index in [-0.39, 0.29) is 0 Å². The van der Waals surface area contributed by atoms with Gasteiger partial charge in [-0.05, 0) is 40.0 Å². The summed E-state index contributed by atoms with van der Waals surface area (Å²) in [5, 5.41) is 8.60. The molecule has 0 unspecified atom stereocenters. The minimum Gasteiger partial charge on any atom is -0.481 e. The molecule has 0 aromatic rings. The molecule has 3 heteroatoms. The van der Waals surface area contributed by atoms with Gasteiger partial charge in [0.05, 0.1) is 26.2 Å². The molecule has 0 bridgehead atoms. The first kappa shape index (κ1) is 29.4. The molecular formula is C27H56NO2+. The largest absolute Gasteiger partial charge is 0.481 e. The maximum Gasteiger partial charge on any atom is 0.303 e. The third kappa shape index (κ3) is 18.2. The summed E-state index contributed by atoms with van der Waals surface area (Å²) in [6.07, 6.45) is 24.6. The monoisotopic (exact) mass is 426 g/mol. The molecule has 0 amide bonds. The van der Waals surface area contributed by atoms with Crippen LogP contribution < -0.4 is 0 Å². The summed E-state index contributed by atoms with van der Waals surface area (Å²) >= 11 is 0. The van der Waals surface area contributed by atoms with E-state index in [1.807, 2.05) is 0 Å². The molecule has 0 atom stereocenters. The second-order valence-electron chi connectivity index (χ2n) is 9.52. The summed E-state index contributed by atoms with van der Waals surface area (Å²) in [5.74, 6) is -0.651. The Morgan fingerprint density at radius 1 is 0.500 bits per heavy atom. The molecule has 0 saturated carbocycles. The van der Waals surface area contributed by atoms with E-state index in [1.165, 1.54) is 133 Å². The maximum atomic E-state index is 10.4. The van der Waals surface area contributed by atoms with E-state index in [1.54, 1.807) is 0 Å². The standard InChI is InChI=1S/C27H55NO2/c1-4-28(5-2,6-3)26-24-22-20-18-16-14-12-10-8-7-9-11-13-15-17-19-21-23-25-27(29)30/h4-26H2,1-3H3/p+1. The highest BCUT2D eigenvalue weighted by Crippen LogP contribution is 2.15. The van der Waals surface area contributed by atoms with Gasteiger partial charge in [0.15, 0.2) is 0 Å². The first-order chi connectivity index (χ1) is 14.6. The molecule has 0 fully saturated rings. The third-order valence-corrected chi connectivity index (χ3v) is 7.29. The molecular weight excluding hydrogens is 370 g/mol. The lowest BCUT2D eigenvalue weighted by Crippen LogP contribution is -2.48. The van der Waals surface area contributed by atoms with Crippen LogP contribution in [-0.2, 0) is 4.79 Å². The van der Waals surface area contributed by atoms with Crippen LogP contribution in [-0.4, -0.2) is 41.7 Å². The number of hydrogen-bond acceptors (Lipinski definition) is 1. The van der Waals surface area contributed by atoms with Crippen molar-refractivity contribution in [2.24, 2.45) is 0 Å². The highest BCUT2D eigenvalue weighted by molar-refractivity contribution is 5.66. The predicted molar refractivity (Wildman–Crippen MR) is 132 cm³/mol. The van der Waals surface area contributed by atoms with Crippen LogP contribution in [0.2, 0.25) is 0 Å². The van der Waals surface area contributed by atoms with Crippen LogP contribution in [0, 0.1) is 0 Å². The van der Waals surface area contributed by atoms with Gasteiger partial charge in [0.25, 0.3) is 0 Å². The smallest absolute Gasteiger partial charge is 0.303 e. The summed E-state index contributed by atoms with van der Waals surface area (Å²) in [7, 11) is 0. The lowest BCUT2D eigenvalue weighted by atomic mass is 10.0. The molecule has 0 aliphatic heterocycles. The minimum absolute atomic E-state index is 0.344. The molecule has 0 radical (unpaired) electrons. The zero-order valence-corrected chi connectivity index (χ0v) is 21.1. The summed E-state index contributed by atoms with van der Waals surface area (Å²) < 4.78 is 1.31. The Morgan fingerprint density at radius 2 is 0.767 bits per heavy atom. The van der Waals surface area contributed by atoms with E-state index in [4.69, 9.17) is 5.11 Å². The Kier molecular flexibility index (Phi) is 21.2. The van der Waals surface area contributed by atoms with Gasteiger partial charge in [0.1, 0.15) is 0 Å². The number of unbranched alkanes of at least 4 members (excludes halogenated alkanes) is 17. The molecule has 3 nitrogen and oxygen atoms in total. The topological polar surface area (TPSA) is 37.3 Å². The SMILES string of the molecule is CC[N+](CC)(CC)CCCCCCCCCCCCCCCCCCCCC(=O)O. The van der Waals surface area contributed by atoms with Crippen molar-refractivity contribution in [3.8, 4) is 0 Å². The molecule has 0 aromatic heterocycles. The minimum atomic E-state index is -0.651. The number of carboxylic acid groups (broad SMARTS) is 1. The fraction of sp³-hybridized carbons (Fsp3) is 0.963. The van der Waals surface area contributed by atoms with Gasteiger partial charge in [-0.3, -0.25) is 4.79 Å². The summed E-state index contributed by atoms with van der Waals surface area (Å²) in [6, 6.07) is 0. The van der Waals surface area contributed by atoms with Crippen LogP contribution in [0.3, 0.4) is 0 Å². The number of nitrogens with zero attached hydrogens (tertiary/aromatic N) is 1. The Bertz CT molecular complexity index is 358. The fourth-order valence-corrected chi connectivity index (χ4v) is 4.70. The molecule has 0 heterocycles. The van der Waals surface area contributed by atoms with E-state index in [0.717, 1.165) is 12.8 Å². The van der Waals surface area contributed by atoms with Crippen molar-refractivity contribution in [3.05, 3.63) is 0 Å². The van der Waals surface area contributed by atoms with Crippen molar-refractivity contribution in [2.75, 3.05) is 26.2 Å². The Morgan fingerprint density at radius 3 is 1.03 bits per heavy atom. The van der Waals surface area contributed by atoms with Crippen LogP contribution >= 0.6 is 0 Å². The molecule has 0 aliphatic carbocycles. The highest BCUT2D eigenvalue weighted by atomic mass is 16.4. The first-order valence-corrected chi connectivity index (χ1v) is 13.7. The first-order valence-electron chi connectivity index (χ1n) is 13.7. The average molecular weight is 427 g/mol. The molecule has 0 aromatic carbocycles. The number of carbonyl (C=O) groups is 1. The second-order valence-corrected chi connectivity index (χ2v) is 9.52. The molecule has 0 saturated heterocycles. The number of hydrogen-bond donors (Lipinski definition) is 1. The Hall–Kier alpha value is -0.570. The van der Waals surface area contributed by atoms with Gasteiger partial charge in [-0.25, -0.2) is 0 Å². The van der Waals surface area contributed by atoms with E-state index >= 15 is 0 Å². The summed E-state index contributed by atoms with van der Waals surface area (Å²) in [6.45, 7) is 12.3. The normalized spacial score (nSPS) is 11.8. The van der Waals surface area contributed by atoms with Crippen molar-refractivity contribution in [1.82, 2.24) is 0 Å². The lowest BCUT2D eigenvalue weighted by molar-refractivity contribution is -0.923. The van der Waals surface area contributed by atoms with Crippen molar-refractivity contribution in [1.29, 1.82) is 0 Å². The molecule has 0 spiro atoms. The quantitative estimate of drug-likeness (QED) is 0.124. The Labute approximate surface area is 189 Å². The molecule has 0 rings (SSSR count). The van der Waals surface area contributed by atoms with Crippen LogP contribution in [0.5, 0.6) is 0 Å². The van der Waals surface area contributed by atoms with E-state index < -0.39 is 5.97 Å². The van der Waals surface area contributed by atoms with Gasteiger partial charge < -0.3 is 9.59 Å². The van der Waals surface area contributed by atoms with Crippen molar-refractivity contribution in [2.45, 2.75) is 143 Å². The van der Waals surface area contributed by atoms with Gasteiger partial charge in [0.2, 0.25) is 0 Å². The maximum absolute atomic E-state index is 10.4. The second kappa shape index (κ2) is 21.7. The Balaban J connectivity index is 3.19. The zero-order valence-electron chi connectivity index (χ0n) is 21.1. The van der Waals surface area contributed by atoms with Gasteiger partial charge >= 0.3 is 5.97 Å². The fourth-order valence-electron chi connectivity index (χ4n) is 4.70. The summed E-state index contributed by atoms with van der Waals surface area (Å²) in [4.78, 5) is 10.4. The number of quaternary nitrogens is 1. The third-order valence-electron chi connectivity index (χ3n) is 7.29.